The van der Waals surface area contributed by atoms with Gasteiger partial charge in [0.15, 0.2) is 0 Å². The van der Waals surface area contributed by atoms with Crippen LogP contribution in [0.1, 0.15) is 47.7 Å². The predicted molar refractivity (Wildman–Crippen MR) is 137 cm³/mol. The maximum atomic E-state index is 13.0. The Morgan fingerprint density at radius 1 is 1.03 bits per heavy atom. The molecule has 0 saturated heterocycles. The van der Waals surface area contributed by atoms with Crippen LogP contribution < -0.4 is 16.0 Å². The van der Waals surface area contributed by atoms with Gasteiger partial charge in [0.25, 0.3) is 5.91 Å². The average Bonchev–Trinajstić information content (AvgIpc) is 3.35. The van der Waals surface area contributed by atoms with Crippen molar-refractivity contribution in [2.45, 2.75) is 26.2 Å². The molecule has 3 amide bonds. The molecular weight excluding hydrogens is 428 g/mol. The molecule has 0 aliphatic heterocycles. The predicted octanol–water partition coefficient (Wildman–Crippen LogP) is 4.02. The fourth-order valence-corrected chi connectivity index (χ4v) is 3.81. The zero-order chi connectivity index (χ0) is 24.7. The Kier molecular flexibility index (Phi) is 8.24. The molecule has 7 heteroatoms. The Hall–Kier alpha value is -3.87. The van der Waals surface area contributed by atoms with Gasteiger partial charge in [0.2, 0.25) is 11.8 Å². The van der Waals surface area contributed by atoms with Crippen LogP contribution in [0.5, 0.6) is 0 Å². The summed E-state index contributed by atoms with van der Waals surface area (Å²) in [6.07, 6.45) is 7.25. The SMILES string of the molecule is CCNc1ccc(C2=CCC=C2)cc1NC(=O)c1ccc(C(CNC(C)=O)C(=O)N(C)C)cc1. The fraction of sp³-hybridized carbons (Fsp3) is 0.296. The van der Waals surface area contributed by atoms with Gasteiger partial charge in [0.05, 0.1) is 17.3 Å². The molecule has 3 rings (SSSR count). The first-order chi connectivity index (χ1) is 16.3. The molecule has 1 aliphatic carbocycles. The molecular formula is C27H32N4O3. The third-order valence-electron chi connectivity index (χ3n) is 5.61. The number of carbonyl (C=O) groups is 3. The van der Waals surface area contributed by atoms with Gasteiger partial charge in [-0.25, -0.2) is 0 Å². The minimum atomic E-state index is -0.527. The van der Waals surface area contributed by atoms with Gasteiger partial charge in [0, 0.05) is 39.7 Å². The van der Waals surface area contributed by atoms with Gasteiger partial charge < -0.3 is 20.9 Å². The van der Waals surface area contributed by atoms with E-state index in [0.29, 0.717) is 11.3 Å². The highest BCUT2D eigenvalue weighted by Gasteiger charge is 2.23. The topological polar surface area (TPSA) is 90.5 Å². The van der Waals surface area contributed by atoms with Crippen molar-refractivity contribution in [3.8, 4) is 0 Å². The number of nitrogens with one attached hydrogen (secondary N) is 3. The number of allylic oxidation sites excluding steroid dienone is 4. The van der Waals surface area contributed by atoms with Gasteiger partial charge in [-0.2, -0.15) is 0 Å². The van der Waals surface area contributed by atoms with Gasteiger partial charge in [-0.3, -0.25) is 14.4 Å². The summed E-state index contributed by atoms with van der Waals surface area (Å²) in [4.78, 5) is 38.5. The van der Waals surface area contributed by atoms with Crippen molar-refractivity contribution in [2.75, 3.05) is 37.8 Å². The van der Waals surface area contributed by atoms with Crippen LogP contribution in [-0.4, -0.2) is 49.8 Å². The second kappa shape index (κ2) is 11.3. The summed E-state index contributed by atoms with van der Waals surface area (Å²) in [7, 11) is 3.36. The van der Waals surface area contributed by atoms with Gasteiger partial charge in [-0.15, -0.1) is 0 Å². The Bertz CT molecular complexity index is 1120. The van der Waals surface area contributed by atoms with E-state index >= 15 is 0 Å². The second-order valence-corrected chi connectivity index (χ2v) is 8.39. The highest BCUT2D eigenvalue weighted by Crippen LogP contribution is 2.30. The Morgan fingerprint density at radius 3 is 2.35 bits per heavy atom. The van der Waals surface area contributed by atoms with Crippen molar-refractivity contribution in [2.24, 2.45) is 0 Å². The lowest BCUT2D eigenvalue weighted by molar-refractivity contribution is -0.130. The molecule has 0 fully saturated rings. The first-order valence-electron chi connectivity index (χ1n) is 11.4. The molecule has 7 nitrogen and oxygen atoms in total. The zero-order valence-electron chi connectivity index (χ0n) is 20.1. The molecule has 0 aromatic heterocycles. The largest absolute Gasteiger partial charge is 0.384 e. The molecule has 0 saturated carbocycles. The summed E-state index contributed by atoms with van der Waals surface area (Å²) in [5, 5.41) is 9.03. The highest BCUT2D eigenvalue weighted by molar-refractivity contribution is 6.06. The van der Waals surface area contributed by atoms with Crippen LogP contribution in [0.25, 0.3) is 5.57 Å². The van der Waals surface area contributed by atoms with Crippen molar-refractivity contribution in [1.82, 2.24) is 10.2 Å². The van der Waals surface area contributed by atoms with Crippen LogP contribution >= 0.6 is 0 Å². The van der Waals surface area contributed by atoms with E-state index in [9.17, 15) is 14.4 Å². The molecule has 1 unspecified atom stereocenters. The summed E-state index contributed by atoms with van der Waals surface area (Å²) in [6.45, 7) is 4.35. The number of nitrogens with zero attached hydrogens (tertiary/aromatic N) is 1. The third-order valence-corrected chi connectivity index (χ3v) is 5.61. The first-order valence-corrected chi connectivity index (χ1v) is 11.4. The number of carbonyl (C=O) groups excluding carboxylic acids is 3. The third kappa shape index (κ3) is 6.13. The van der Waals surface area contributed by atoms with E-state index < -0.39 is 5.92 Å². The van der Waals surface area contributed by atoms with Crippen molar-refractivity contribution in [3.63, 3.8) is 0 Å². The van der Waals surface area contributed by atoms with Gasteiger partial charge in [0.1, 0.15) is 0 Å². The van der Waals surface area contributed by atoms with Crippen molar-refractivity contribution >= 4 is 34.7 Å². The molecule has 3 N–H and O–H groups in total. The lowest BCUT2D eigenvalue weighted by Crippen LogP contribution is -2.36. The summed E-state index contributed by atoms with van der Waals surface area (Å²) in [5.74, 6) is -1.08. The number of hydrogen-bond acceptors (Lipinski definition) is 4. The van der Waals surface area contributed by atoms with Crippen LogP contribution in [0.2, 0.25) is 0 Å². The monoisotopic (exact) mass is 460 g/mol. The molecule has 0 heterocycles. The number of amides is 3. The van der Waals surface area contributed by atoms with E-state index in [0.717, 1.165) is 35.4 Å². The Labute approximate surface area is 200 Å². The van der Waals surface area contributed by atoms with E-state index in [1.165, 1.54) is 11.8 Å². The first kappa shape index (κ1) is 24.8. The average molecular weight is 461 g/mol. The summed E-state index contributed by atoms with van der Waals surface area (Å²) < 4.78 is 0. The molecule has 1 aliphatic rings. The second-order valence-electron chi connectivity index (χ2n) is 8.39. The van der Waals surface area contributed by atoms with Crippen LogP contribution in [-0.2, 0) is 9.59 Å². The summed E-state index contributed by atoms with van der Waals surface area (Å²) in [6, 6.07) is 12.9. The normalized spacial score (nSPS) is 13.1. The molecule has 34 heavy (non-hydrogen) atoms. The van der Waals surface area contributed by atoms with Crippen LogP contribution in [0, 0.1) is 0 Å². The highest BCUT2D eigenvalue weighted by atomic mass is 16.2. The molecule has 178 valence electrons. The van der Waals surface area contributed by atoms with Gasteiger partial charge >= 0.3 is 0 Å². The molecule has 1 atom stereocenters. The van der Waals surface area contributed by atoms with E-state index in [-0.39, 0.29) is 24.3 Å². The van der Waals surface area contributed by atoms with E-state index in [1.807, 2.05) is 25.1 Å². The van der Waals surface area contributed by atoms with E-state index in [4.69, 9.17) is 0 Å². The van der Waals surface area contributed by atoms with E-state index in [1.54, 1.807) is 38.4 Å². The van der Waals surface area contributed by atoms with Crippen LogP contribution in [0.3, 0.4) is 0 Å². The fourth-order valence-electron chi connectivity index (χ4n) is 3.81. The van der Waals surface area contributed by atoms with Crippen molar-refractivity contribution < 1.29 is 14.4 Å². The minimum absolute atomic E-state index is 0.117. The van der Waals surface area contributed by atoms with Crippen molar-refractivity contribution in [1.29, 1.82) is 0 Å². The number of benzene rings is 2. The van der Waals surface area contributed by atoms with Crippen LogP contribution in [0.4, 0.5) is 11.4 Å². The Balaban J connectivity index is 1.81. The minimum Gasteiger partial charge on any atom is -0.384 e. The molecule has 2 aromatic rings. The molecule has 0 spiro atoms. The smallest absolute Gasteiger partial charge is 0.255 e. The molecule has 0 bridgehead atoms. The lowest BCUT2D eigenvalue weighted by atomic mass is 9.96. The molecule has 2 aromatic carbocycles. The number of anilines is 2. The number of hydrogen-bond donors (Lipinski definition) is 3. The Morgan fingerprint density at radius 2 is 1.76 bits per heavy atom. The molecule has 0 radical (unpaired) electrons. The zero-order valence-corrected chi connectivity index (χ0v) is 20.1. The maximum absolute atomic E-state index is 13.0. The summed E-state index contributed by atoms with van der Waals surface area (Å²) >= 11 is 0. The standard InChI is InChI=1S/C27H32N4O3/c1-5-28-24-15-14-22(19-8-6-7-9-19)16-25(24)30-26(33)21-12-10-20(11-13-21)23(17-29-18(2)32)27(34)31(3)4/h6,8-16,23,28H,5,7,17H2,1-4H3,(H,29,32)(H,30,33). The van der Waals surface area contributed by atoms with Gasteiger partial charge in [-0.05, 0) is 54.3 Å². The van der Waals surface area contributed by atoms with Crippen molar-refractivity contribution in [3.05, 3.63) is 77.4 Å². The maximum Gasteiger partial charge on any atom is 0.255 e. The lowest BCUT2D eigenvalue weighted by Gasteiger charge is -2.21. The number of rotatable bonds is 9. The summed E-state index contributed by atoms with van der Waals surface area (Å²) in [5.41, 5.74) is 4.96. The van der Waals surface area contributed by atoms with Crippen LogP contribution in [0.15, 0.2) is 60.7 Å². The quantitative estimate of drug-likeness (QED) is 0.527. The van der Waals surface area contributed by atoms with Gasteiger partial charge in [-0.1, -0.05) is 36.4 Å². The number of likely N-dealkylation sites (N-methyl/N-ethyl adjacent to an activating group) is 1. The van der Waals surface area contributed by atoms with E-state index in [2.05, 4.69) is 34.2 Å².